The Hall–Kier alpha value is -0.153. The molecule has 0 aliphatic heterocycles. The van der Waals surface area contributed by atoms with Crippen LogP contribution in [0.5, 0.6) is 0 Å². The van der Waals surface area contributed by atoms with Gasteiger partial charge in [0.1, 0.15) is 0 Å². The molecule has 3 heteroatoms. The highest BCUT2D eigenvalue weighted by molar-refractivity contribution is 6.69. The summed E-state index contributed by atoms with van der Waals surface area (Å²) >= 11 is 0. The standard InChI is InChI=1S/C10H22O2Si/c1-5-6-7-8-10(11)9-12-13(2,3)4/h5-9H2,1-4H3. The molecule has 0 bridgehead atoms. The van der Waals surface area contributed by atoms with Crippen molar-refractivity contribution in [3.8, 4) is 0 Å². The molecule has 0 saturated heterocycles. The summed E-state index contributed by atoms with van der Waals surface area (Å²) in [6.45, 7) is 8.79. The zero-order chi connectivity index (χ0) is 10.3. The van der Waals surface area contributed by atoms with Crippen molar-refractivity contribution in [2.24, 2.45) is 0 Å². The highest BCUT2D eigenvalue weighted by Crippen LogP contribution is 2.04. The average Bonchev–Trinajstić information content (AvgIpc) is 2.00. The Morgan fingerprint density at radius 2 is 1.85 bits per heavy atom. The molecule has 0 aromatic heterocycles. The van der Waals surface area contributed by atoms with E-state index >= 15 is 0 Å². The lowest BCUT2D eigenvalue weighted by molar-refractivity contribution is -0.121. The van der Waals surface area contributed by atoms with Crippen LogP contribution >= 0.6 is 0 Å². The molecule has 0 heterocycles. The molecule has 0 spiro atoms. The van der Waals surface area contributed by atoms with Crippen molar-refractivity contribution in [1.29, 1.82) is 0 Å². The molecule has 0 aliphatic carbocycles. The van der Waals surface area contributed by atoms with Crippen LogP contribution < -0.4 is 0 Å². The summed E-state index contributed by atoms with van der Waals surface area (Å²) in [5.41, 5.74) is 0. The average molecular weight is 202 g/mol. The minimum atomic E-state index is -1.49. The van der Waals surface area contributed by atoms with Gasteiger partial charge in [-0.3, -0.25) is 4.79 Å². The van der Waals surface area contributed by atoms with Gasteiger partial charge in [0, 0.05) is 6.42 Å². The van der Waals surface area contributed by atoms with Crippen molar-refractivity contribution in [2.75, 3.05) is 6.61 Å². The van der Waals surface area contributed by atoms with Crippen LogP contribution in [0.1, 0.15) is 32.6 Å². The number of rotatable bonds is 7. The lowest BCUT2D eigenvalue weighted by Gasteiger charge is -2.16. The fraction of sp³-hybridized carbons (Fsp3) is 0.900. The highest BCUT2D eigenvalue weighted by atomic mass is 28.4. The van der Waals surface area contributed by atoms with E-state index in [1.54, 1.807) is 0 Å². The first-order chi connectivity index (χ1) is 5.95. The van der Waals surface area contributed by atoms with E-state index in [0.717, 1.165) is 12.8 Å². The van der Waals surface area contributed by atoms with Crippen molar-refractivity contribution in [3.63, 3.8) is 0 Å². The zero-order valence-corrected chi connectivity index (χ0v) is 10.4. The molecule has 13 heavy (non-hydrogen) atoms. The summed E-state index contributed by atoms with van der Waals surface area (Å²) < 4.78 is 5.51. The highest BCUT2D eigenvalue weighted by Gasteiger charge is 2.15. The molecule has 0 atom stereocenters. The number of unbranched alkanes of at least 4 members (excludes halogenated alkanes) is 2. The maximum Gasteiger partial charge on any atom is 0.184 e. The van der Waals surface area contributed by atoms with Crippen LogP contribution in [0.25, 0.3) is 0 Å². The van der Waals surface area contributed by atoms with Crippen molar-refractivity contribution in [2.45, 2.75) is 52.2 Å². The Kier molecular flexibility index (Phi) is 6.25. The second-order valence-corrected chi connectivity index (χ2v) is 8.91. The van der Waals surface area contributed by atoms with E-state index in [1.807, 2.05) is 0 Å². The largest absolute Gasteiger partial charge is 0.410 e. The van der Waals surface area contributed by atoms with E-state index in [9.17, 15) is 4.79 Å². The first-order valence-corrected chi connectivity index (χ1v) is 8.52. The van der Waals surface area contributed by atoms with Gasteiger partial charge in [0.05, 0.1) is 6.61 Å². The minimum Gasteiger partial charge on any atom is -0.410 e. The summed E-state index contributed by atoms with van der Waals surface area (Å²) in [7, 11) is -1.49. The van der Waals surface area contributed by atoms with Gasteiger partial charge in [-0.05, 0) is 26.1 Å². The van der Waals surface area contributed by atoms with E-state index < -0.39 is 8.32 Å². The van der Waals surface area contributed by atoms with E-state index in [-0.39, 0.29) is 5.78 Å². The van der Waals surface area contributed by atoms with Crippen LogP contribution in [-0.2, 0) is 9.22 Å². The summed E-state index contributed by atoms with van der Waals surface area (Å²) in [6.07, 6.45) is 4.03. The van der Waals surface area contributed by atoms with Gasteiger partial charge in [0.25, 0.3) is 0 Å². The second kappa shape index (κ2) is 6.32. The topological polar surface area (TPSA) is 26.3 Å². The maximum atomic E-state index is 11.3. The molecule has 0 radical (unpaired) electrons. The number of carbonyl (C=O) groups excluding carboxylic acids is 1. The summed E-state index contributed by atoms with van der Waals surface area (Å²) in [5.74, 6) is 0.260. The third-order valence-corrected chi connectivity index (χ3v) is 2.74. The first-order valence-electron chi connectivity index (χ1n) is 5.11. The third kappa shape index (κ3) is 9.76. The molecule has 2 nitrogen and oxygen atoms in total. The molecule has 0 fully saturated rings. The smallest absolute Gasteiger partial charge is 0.184 e. The van der Waals surface area contributed by atoms with Crippen LogP contribution in [0.2, 0.25) is 19.6 Å². The lowest BCUT2D eigenvalue weighted by atomic mass is 10.1. The fourth-order valence-electron chi connectivity index (χ4n) is 0.941. The molecule has 0 unspecified atom stereocenters. The molecule has 0 aromatic rings. The third-order valence-electron chi connectivity index (χ3n) is 1.73. The Labute approximate surface area is 82.8 Å². The molecular formula is C10H22O2Si. The van der Waals surface area contributed by atoms with Gasteiger partial charge in [-0.25, -0.2) is 0 Å². The zero-order valence-electron chi connectivity index (χ0n) is 9.35. The van der Waals surface area contributed by atoms with Gasteiger partial charge >= 0.3 is 0 Å². The molecule has 0 amide bonds. The quantitative estimate of drug-likeness (QED) is 0.468. The van der Waals surface area contributed by atoms with Crippen molar-refractivity contribution in [1.82, 2.24) is 0 Å². The predicted molar refractivity (Wildman–Crippen MR) is 58.4 cm³/mol. The lowest BCUT2D eigenvalue weighted by Crippen LogP contribution is -2.28. The molecule has 0 N–H and O–H groups in total. The van der Waals surface area contributed by atoms with Crippen LogP contribution in [0.15, 0.2) is 0 Å². The van der Waals surface area contributed by atoms with Gasteiger partial charge < -0.3 is 4.43 Å². The normalized spacial score (nSPS) is 11.7. The molecule has 0 rings (SSSR count). The van der Waals surface area contributed by atoms with E-state index in [1.165, 1.54) is 6.42 Å². The Morgan fingerprint density at radius 3 is 2.31 bits per heavy atom. The number of hydrogen-bond acceptors (Lipinski definition) is 2. The Bertz CT molecular complexity index is 149. The minimum absolute atomic E-state index is 0.260. The van der Waals surface area contributed by atoms with Crippen LogP contribution in [0, 0.1) is 0 Å². The molecule has 0 aliphatic rings. The van der Waals surface area contributed by atoms with Gasteiger partial charge in [-0.2, -0.15) is 0 Å². The maximum absolute atomic E-state index is 11.3. The SMILES string of the molecule is CCCCCC(=O)CO[Si](C)(C)C. The van der Waals surface area contributed by atoms with Gasteiger partial charge in [0.2, 0.25) is 0 Å². The van der Waals surface area contributed by atoms with Gasteiger partial charge in [-0.1, -0.05) is 19.8 Å². The number of carbonyl (C=O) groups is 1. The Balaban J connectivity index is 3.41. The first kappa shape index (κ1) is 12.8. The van der Waals surface area contributed by atoms with Crippen LogP contribution in [0.4, 0.5) is 0 Å². The second-order valence-electron chi connectivity index (χ2n) is 4.40. The van der Waals surface area contributed by atoms with E-state index in [2.05, 4.69) is 26.6 Å². The summed E-state index contributed by atoms with van der Waals surface area (Å²) in [4.78, 5) is 11.3. The van der Waals surface area contributed by atoms with Gasteiger partial charge in [0.15, 0.2) is 14.1 Å². The van der Waals surface area contributed by atoms with Crippen LogP contribution in [0.3, 0.4) is 0 Å². The van der Waals surface area contributed by atoms with E-state index in [4.69, 9.17) is 4.43 Å². The summed E-state index contributed by atoms with van der Waals surface area (Å²) in [5, 5.41) is 0. The van der Waals surface area contributed by atoms with E-state index in [0.29, 0.717) is 13.0 Å². The van der Waals surface area contributed by atoms with Crippen molar-refractivity contribution in [3.05, 3.63) is 0 Å². The molecule has 0 saturated carbocycles. The number of hydrogen-bond donors (Lipinski definition) is 0. The van der Waals surface area contributed by atoms with Crippen molar-refractivity contribution < 1.29 is 9.22 Å². The molecule has 78 valence electrons. The molecule has 0 aromatic carbocycles. The summed E-state index contributed by atoms with van der Waals surface area (Å²) in [6, 6.07) is 0. The fourth-order valence-corrected chi connectivity index (χ4v) is 1.54. The number of Topliss-reactive ketones (excluding diaryl/α,β-unsaturated/α-hetero) is 1. The monoisotopic (exact) mass is 202 g/mol. The van der Waals surface area contributed by atoms with Crippen LogP contribution in [-0.4, -0.2) is 20.7 Å². The van der Waals surface area contributed by atoms with Crippen molar-refractivity contribution >= 4 is 14.1 Å². The number of ketones is 1. The predicted octanol–water partition coefficient (Wildman–Crippen LogP) is 2.99. The van der Waals surface area contributed by atoms with Gasteiger partial charge in [-0.15, -0.1) is 0 Å². The Morgan fingerprint density at radius 1 is 1.23 bits per heavy atom. The molecular weight excluding hydrogens is 180 g/mol.